The summed E-state index contributed by atoms with van der Waals surface area (Å²) >= 11 is 4.95. The van der Waals surface area contributed by atoms with Crippen LogP contribution in [0.5, 0.6) is 0 Å². The van der Waals surface area contributed by atoms with E-state index < -0.39 is 0 Å². The van der Waals surface area contributed by atoms with Gasteiger partial charge in [-0.3, -0.25) is 4.40 Å². The van der Waals surface area contributed by atoms with Gasteiger partial charge >= 0.3 is 0 Å². The molecule has 0 aliphatic heterocycles. The van der Waals surface area contributed by atoms with E-state index >= 15 is 0 Å². The first kappa shape index (κ1) is 12.2. The normalized spacial score (nSPS) is 11.4. The van der Waals surface area contributed by atoms with Crippen LogP contribution < -0.4 is 5.32 Å². The highest BCUT2D eigenvalue weighted by atomic mass is 32.2. The van der Waals surface area contributed by atoms with Crippen molar-refractivity contribution in [3.05, 3.63) is 28.8 Å². The molecule has 0 fully saturated rings. The van der Waals surface area contributed by atoms with Gasteiger partial charge in [0.05, 0.1) is 5.69 Å². The summed E-state index contributed by atoms with van der Waals surface area (Å²) in [6.07, 6.45) is 3.90. The summed E-state index contributed by atoms with van der Waals surface area (Å²) in [7, 11) is 0. The molecule has 0 spiro atoms. The van der Waals surface area contributed by atoms with Gasteiger partial charge < -0.3 is 5.32 Å². The van der Waals surface area contributed by atoms with Gasteiger partial charge in [-0.05, 0) is 18.3 Å². The van der Waals surface area contributed by atoms with Crippen LogP contribution in [0.4, 0.5) is 0 Å². The molecule has 94 valence electrons. The third-order valence-corrected chi connectivity index (χ3v) is 5.12. The molecule has 4 nitrogen and oxygen atoms in total. The Balaban J connectivity index is 1.96. The van der Waals surface area contributed by atoms with E-state index in [0.717, 1.165) is 27.4 Å². The fourth-order valence-electron chi connectivity index (χ4n) is 1.64. The van der Waals surface area contributed by atoms with Gasteiger partial charge in [0.15, 0.2) is 9.30 Å². The van der Waals surface area contributed by atoms with Crippen LogP contribution in [-0.2, 0) is 6.54 Å². The first-order chi connectivity index (χ1) is 8.88. The average Bonchev–Trinajstić information content (AvgIpc) is 3.04. The molecule has 3 aromatic rings. The Morgan fingerprint density at radius 1 is 1.39 bits per heavy atom. The van der Waals surface area contributed by atoms with Crippen LogP contribution in [0.3, 0.4) is 0 Å². The van der Waals surface area contributed by atoms with E-state index in [9.17, 15) is 0 Å². The maximum Gasteiger partial charge on any atom is 0.194 e. The zero-order valence-electron chi connectivity index (χ0n) is 9.79. The van der Waals surface area contributed by atoms with E-state index in [4.69, 9.17) is 0 Å². The predicted octanol–water partition coefficient (Wildman–Crippen LogP) is 3.11. The lowest BCUT2D eigenvalue weighted by Gasteiger charge is -2.02. The Morgan fingerprint density at radius 3 is 3.11 bits per heavy atom. The van der Waals surface area contributed by atoms with Crippen LogP contribution in [0.2, 0.25) is 0 Å². The minimum absolute atomic E-state index is 0.835. The van der Waals surface area contributed by atoms with E-state index in [2.05, 4.69) is 38.2 Å². The van der Waals surface area contributed by atoms with E-state index in [0.29, 0.717) is 0 Å². The highest BCUT2D eigenvalue weighted by Gasteiger charge is 2.14. The van der Waals surface area contributed by atoms with Crippen LogP contribution in [0, 0.1) is 0 Å². The Kier molecular flexibility index (Phi) is 3.64. The monoisotopic (exact) mass is 296 g/mol. The van der Waals surface area contributed by atoms with E-state index in [1.807, 2.05) is 11.6 Å². The van der Waals surface area contributed by atoms with Gasteiger partial charge in [-0.2, -0.15) is 0 Å². The molecule has 0 amide bonds. The summed E-state index contributed by atoms with van der Waals surface area (Å²) in [5.41, 5.74) is 1.22. The number of nitrogens with zero attached hydrogens (tertiary/aromatic N) is 3. The van der Waals surface area contributed by atoms with E-state index in [1.54, 1.807) is 34.4 Å². The number of hydrogen-bond donors (Lipinski definition) is 1. The SMILES string of the molecule is CCNCc1c(Sc2nccs2)nc2sccn12. The standard InChI is InChI=1S/C11H12N4S3/c1-2-12-7-8-9(18-11-13-3-5-17-11)14-10-15(8)4-6-16-10/h3-6,12H,2,7H2,1H3. The van der Waals surface area contributed by atoms with Gasteiger partial charge in [0.1, 0.15) is 5.03 Å². The van der Waals surface area contributed by atoms with Gasteiger partial charge in [0.25, 0.3) is 0 Å². The highest BCUT2D eigenvalue weighted by molar-refractivity contribution is 8.01. The first-order valence-electron chi connectivity index (χ1n) is 5.61. The topological polar surface area (TPSA) is 42.2 Å². The molecule has 18 heavy (non-hydrogen) atoms. The van der Waals surface area contributed by atoms with Crippen LogP contribution in [-0.4, -0.2) is 20.9 Å². The molecule has 0 bridgehead atoms. The Labute approximate surface area is 117 Å². The fourth-order valence-corrected chi connectivity index (χ4v) is 4.09. The summed E-state index contributed by atoms with van der Waals surface area (Å²) in [6.45, 7) is 3.90. The van der Waals surface area contributed by atoms with Crippen LogP contribution in [0.15, 0.2) is 32.5 Å². The number of thiazole rings is 2. The zero-order chi connectivity index (χ0) is 12.4. The van der Waals surface area contributed by atoms with Gasteiger partial charge in [-0.1, -0.05) is 6.92 Å². The molecule has 0 aliphatic carbocycles. The quantitative estimate of drug-likeness (QED) is 0.785. The van der Waals surface area contributed by atoms with Crippen molar-refractivity contribution in [1.82, 2.24) is 19.7 Å². The minimum atomic E-state index is 0.835. The lowest BCUT2D eigenvalue weighted by Crippen LogP contribution is -2.13. The summed E-state index contributed by atoms with van der Waals surface area (Å²) < 4.78 is 3.20. The Bertz CT molecular complexity index is 626. The lowest BCUT2D eigenvalue weighted by molar-refractivity contribution is 0.694. The lowest BCUT2D eigenvalue weighted by atomic mass is 10.4. The molecule has 0 unspecified atom stereocenters. The third kappa shape index (κ3) is 2.31. The van der Waals surface area contributed by atoms with Crippen molar-refractivity contribution < 1.29 is 0 Å². The van der Waals surface area contributed by atoms with E-state index in [1.165, 1.54) is 5.69 Å². The summed E-state index contributed by atoms with van der Waals surface area (Å²) in [5.74, 6) is 0. The zero-order valence-corrected chi connectivity index (χ0v) is 12.2. The molecule has 0 aliphatic rings. The fraction of sp³-hybridized carbons (Fsp3) is 0.273. The minimum Gasteiger partial charge on any atom is -0.311 e. The number of hydrogen-bond acceptors (Lipinski definition) is 6. The molecule has 3 rings (SSSR count). The van der Waals surface area contributed by atoms with Crippen molar-refractivity contribution in [2.75, 3.05) is 6.54 Å². The van der Waals surface area contributed by atoms with Crippen LogP contribution in [0.1, 0.15) is 12.6 Å². The molecular weight excluding hydrogens is 284 g/mol. The van der Waals surface area contributed by atoms with E-state index in [-0.39, 0.29) is 0 Å². The van der Waals surface area contributed by atoms with Crippen molar-refractivity contribution in [2.45, 2.75) is 22.8 Å². The van der Waals surface area contributed by atoms with Crippen molar-refractivity contribution in [2.24, 2.45) is 0 Å². The largest absolute Gasteiger partial charge is 0.311 e. The molecule has 0 saturated carbocycles. The maximum absolute atomic E-state index is 4.67. The van der Waals surface area contributed by atoms with Gasteiger partial charge in [-0.25, -0.2) is 9.97 Å². The van der Waals surface area contributed by atoms with Crippen molar-refractivity contribution in [3.63, 3.8) is 0 Å². The molecule has 7 heteroatoms. The van der Waals surface area contributed by atoms with Gasteiger partial charge in [-0.15, -0.1) is 22.7 Å². The molecule has 1 N–H and O–H groups in total. The van der Waals surface area contributed by atoms with Gasteiger partial charge in [0, 0.05) is 29.7 Å². The molecule has 0 saturated heterocycles. The highest BCUT2D eigenvalue weighted by Crippen LogP contribution is 2.32. The van der Waals surface area contributed by atoms with Crippen molar-refractivity contribution >= 4 is 39.4 Å². The molecule has 3 aromatic heterocycles. The second-order valence-electron chi connectivity index (χ2n) is 3.60. The summed E-state index contributed by atoms with van der Waals surface area (Å²) in [5, 5.41) is 8.48. The second-order valence-corrected chi connectivity index (χ2v) is 6.60. The number of rotatable bonds is 5. The smallest absolute Gasteiger partial charge is 0.194 e. The molecule has 3 heterocycles. The number of imidazole rings is 1. The molecule has 0 radical (unpaired) electrons. The predicted molar refractivity (Wildman–Crippen MR) is 76.7 cm³/mol. The summed E-state index contributed by atoms with van der Waals surface area (Å²) in [6, 6.07) is 0. The maximum atomic E-state index is 4.67. The van der Waals surface area contributed by atoms with Crippen molar-refractivity contribution in [3.8, 4) is 0 Å². The number of fused-ring (bicyclic) bond motifs is 1. The summed E-state index contributed by atoms with van der Waals surface area (Å²) in [4.78, 5) is 10.0. The third-order valence-electron chi connectivity index (χ3n) is 2.46. The molecule has 0 atom stereocenters. The average molecular weight is 296 g/mol. The second kappa shape index (κ2) is 5.40. The molecular formula is C11H12N4S3. The van der Waals surface area contributed by atoms with Crippen molar-refractivity contribution in [1.29, 1.82) is 0 Å². The number of aromatic nitrogens is 3. The van der Waals surface area contributed by atoms with Crippen LogP contribution >= 0.6 is 34.4 Å². The Morgan fingerprint density at radius 2 is 2.33 bits per heavy atom. The molecule has 0 aromatic carbocycles. The first-order valence-corrected chi connectivity index (χ1v) is 8.18. The van der Waals surface area contributed by atoms with Gasteiger partial charge in [0.2, 0.25) is 0 Å². The Hall–Kier alpha value is -0.890. The number of nitrogens with one attached hydrogen (secondary N) is 1. The van der Waals surface area contributed by atoms with Crippen LogP contribution in [0.25, 0.3) is 4.96 Å².